The molecule has 0 aromatic heterocycles. The summed E-state index contributed by atoms with van der Waals surface area (Å²) in [5.74, 6) is -0.851. The molecule has 1 unspecified atom stereocenters. The Morgan fingerprint density at radius 2 is 1.42 bits per heavy atom. The number of barbiturate groups is 1. The Kier molecular flexibility index (Phi) is 4.88. The Labute approximate surface area is 150 Å². The van der Waals surface area contributed by atoms with E-state index in [4.69, 9.17) is 9.47 Å². The summed E-state index contributed by atoms with van der Waals surface area (Å²) >= 11 is 0. The Hall–Kier alpha value is -3.35. The van der Waals surface area contributed by atoms with Gasteiger partial charge in [-0.3, -0.25) is 14.9 Å². The van der Waals surface area contributed by atoms with Crippen LogP contribution in [-0.4, -0.2) is 32.1 Å². The number of carbonyl (C=O) groups excluding carboxylic acids is 3. The fourth-order valence-electron chi connectivity index (χ4n) is 2.77. The number of carbonyl (C=O) groups is 3. The first-order chi connectivity index (χ1) is 12.5. The monoisotopic (exact) mass is 354 g/mol. The Bertz CT molecular complexity index is 830. The highest BCUT2D eigenvalue weighted by Gasteiger charge is 2.41. The molecule has 1 fully saturated rings. The van der Waals surface area contributed by atoms with E-state index in [0.29, 0.717) is 17.2 Å². The van der Waals surface area contributed by atoms with Crippen molar-refractivity contribution in [3.05, 3.63) is 54.1 Å². The number of imide groups is 2. The van der Waals surface area contributed by atoms with E-state index in [1.165, 1.54) is 7.11 Å². The third-order valence-electron chi connectivity index (χ3n) is 4.20. The van der Waals surface area contributed by atoms with Gasteiger partial charge in [0, 0.05) is 0 Å². The summed E-state index contributed by atoms with van der Waals surface area (Å²) in [4.78, 5) is 38.2. The van der Waals surface area contributed by atoms with Gasteiger partial charge in [0.1, 0.15) is 17.4 Å². The van der Waals surface area contributed by atoms with Crippen LogP contribution in [0.15, 0.2) is 48.5 Å². The molecular weight excluding hydrogens is 336 g/mol. The molecule has 0 radical (unpaired) electrons. The predicted octanol–water partition coefficient (Wildman–Crippen LogP) is 2.15. The van der Waals surface area contributed by atoms with Crippen LogP contribution in [0.1, 0.15) is 5.56 Å². The number of hydrogen-bond acceptors (Lipinski definition) is 5. The summed E-state index contributed by atoms with van der Waals surface area (Å²) in [6.07, 6.45) is 0.189. The van der Waals surface area contributed by atoms with Crippen molar-refractivity contribution in [3.63, 3.8) is 0 Å². The number of anilines is 1. The minimum atomic E-state index is -0.983. The van der Waals surface area contributed by atoms with E-state index in [2.05, 4.69) is 5.32 Å². The molecule has 3 rings (SSSR count). The van der Waals surface area contributed by atoms with Crippen molar-refractivity contribution in [1.82, 2.24) is 5.32 Å². The fraction of sp³-hybridized carbons (Fsp3) is 0.211. The topological polar surface area (TPSA) is 84.9 Å². The standard InChI is InChI=1S/C19H18N2O5/c1-25-14-7-3-12(4-8-14)11-16-17(22)20-19(24)21(18(16)23)13-5-9-15(26-2)10-6-13/h3-10,16H,11H2,1-2H3,(H,20,22,24). The number of nitrogens with one attached hydrogen (secondary N) is 1. The van der Waals surface area contributed by atoms with Crippen LogP contribution in [0.5, 0.6) is 11.5 Å². The average molecular weight is 354 g/mol. The molecule has 1 N–H and O–H groups in total. The highest BCUT2D eigenvalue weighted by Crippen LogP contribution is 2.25. The summed E-state index contributed by atoms with van der Waals surface area (Å²) in [6, 6.07) is 12.8. The Balaban J connectivity index is 1.84. The minimum Gasteiger partial charge on any atom is -0.497 e. The average Bonchev–Trinajstić information content (AvgIpc) is 2.66. The van der Waals surface area contributed by atoms with Gasteiger partial charge in [-0.05, 0) is 48.4 Å². The van der Waals surface area contributed by atoms with Gasteiger partial charge in [-0.25, -0.2) is 9.69 Å². The predicted molar refractivity (Wildman–Crippen MR) is 94.2 cm³/mol. The maximum absolute atomic E-state index is 12.8. The van der Waals surface area contributed by atoms with E-state index in [1.54, 1.807) is 55.6 Å². The molecule has 7 nitrogen and oxygen atoms in total. The van der Waals surface area contributed by atoms with Gasteiger partial charge in [0.05, 0.1) is 19.9 Å². The third kappa shape index (κ3) is 3.37. The normalized spacial score (nSPS) is 17.1. The van der Waals surface area contributed by atoms with E-state index in [1.807, 2.05) is 0 Å². The van der Waals surface area contributed by atoms with Crippen molar-refractivity contribution < 1.29 is 23.9 Å². The second-order valence-corrected chi connectivity index (χ2v) is 5.77. The van der Waals surface area contributed by atoms with E-state index >= 15 is 0 Å². The quantitative estimate of drug-likeness (QED) is 0.832. The number of benzene rings is 2. The minimum absolute atomic E-state index is 0.189. The van der Waals surface area contributed by atoms with Crippen molar-refractivity contribution in [1.29, 1.82) is 0 Å². The van der Waals surface area contributed by atoms with Crippen LogP contribution >= 0.6 is 0 Å². The SMILES string of the molecule is COc1ccc(CC2C(=O)NC(=O)N(c3ccc(OC)cc3)C2=O)cc1. The number of rotatable bonds is 5. The van der Waals surface area contributed by atoms with Crippen LogP contribution in [0, 0.1) is 5.92 Å². The Morgan fingerprint density at radius 1 is 0.885 bits per heavy atom. The van der Waals surface area contributed by atoms with Gasteiger partial charge in [-0.1, -0.05) is 12.1 Å². The van der Waals surface area contributed by atoms with Crippen LogP contribution in [0.3, 0.4) is 0 Å². The Morgan fingerprint density at radius 3 is 1.96 bits per heavy atom. The molecule has 134 valence electrons. The first-order valence-electron chi connectivity index (χ1n) is 7.99. The lowest BCUT2D eigenvalue weighted by atomic mass is 9.95. The van der Waals surface area contributed by atoms with Crippen molar-refractivity contribution in [2.45, 2.75) is 6.42 Å². The van der Waals surface area contributed by atoms with Crippen LogP contribution < -0.4 is 19.7 Å². The van der Waals surface area contributed by atoms with E-state index in [0.717, 1.165) is 10.5 Å². The lowest BCUT2D eigenvalue weighted by Crippen LogP contribution is -2.58. The molecule has 0 spiro atoms. The van der Waals surface area contributed by atoms with Gasteiger partial charge < -0.3 is 9.47 Å². The van der Waals surface area contributed by atoms with Crippen LogP contribution in [0.4, 0.5) is 10.5 Å². The van der Waals surface area contributed by atoms with Gasteiger partial charge >= 0.3 is 6.03 Å². The molecule has 0 bridgehead atoms. The summed E-state index contributed by atoms with van der Waals surface area (Å²) in [5.41, 5.74) is 1.17. The number of nitrogens with zero attached hydrogens (tertiary/aromatic N) is 1. The fourth-order valence-corrected chi connectivity index (χ4v) is 2.77. The first-order valence-corrected chi connectivity index (χ1v) is 7.99. The van der Waals surface area contributed by atoms with Gasteiger partial charge in [0.2, 0.25) is 11.8 Å². The molecule has 4 amide bonds. The van der Waals surface area contributed by atoms with Gasteiger partial charge in [0.25, 0.3) is 0 Å². The third-order valence-corrected chi connectivity index (χ3v) is 4.20. The second kappa shape index (κ2) is 7.26. The molecule has 26 heavy (non-hydrogen) atoms. The van der Waals surface area contributed by atoms with E-state index in [-0.39, 0.29) is 6.42 Å². The molecule has 0 aliphatic carbocycles. The zero-order chi connectivity index (χ0) is 18.7. The maximum atomic E-state index is 12.8. The molecule has 1 aliphatic heterocycles. The molecular formula is C19H18N2O5. The second-order valence-electron chi connectivity index (χ2n) is 5.77. The van der Waals surface area contributed by atoms with Crippen molar-refractivity contribution in [3.8, 4) is 11.5 Å². The van der Waals surface area contributed by atoms with E-state index in [9.17, 15) is 14.4 Å². The maximum Gasteiger partial charge on any atom is 0.335 e. The highest BCUT2D eigenvalue weighted by molar-refractivity contribution is 6.27. The molecule has 0 saturated carbocycles. The number of methoxy groups -OCH3 is 2. The van der Waals surface area contributed by atoms with Gasteiger partial charge in [-0.2, -0.15) is 0 Å². The van der Waals surface area contributed by atoms with Crippen molar-refractivity contribution in [2.75, 3.05) is 19.1 Å². The van der Waals surface area contributed by atoms with Gasteiger partial charge in [-0.15, -0.1) is 0 Å². The van der Waals surface area contributed by atoms with Crippen LogP contribution in [0.2, 0.25) is 0 Å². The largest absolute Gasteiger partial charge is 0.497 e. The lowest BCUT2D eigenvalue weighted by Gasteiger charge is -2.30. The molecule has 1 saturated heterocycles. The summed E-state index contributed by atoms with van der Waals surface area (Å²) in [6.45, 7) is 0. The number of ether oxygens (including phenoxy) is 2. The number of amides is 4. The molecule has 7 heteroatoms. The smallest absolute Gasteiger partial charge is 0.335 e. The highest BCUT2D eigenvalue weighted by atomic mass is 16.5. The molecule has 2 aromatic carbocycles. The number of hydrogen-bond donors (Lipinski definition) is 1. The molecule has 1 atom stereocenters. The van der Waals surface area contributed by atoms with Crippen LogP contribution in [-0.2, 0) is 16.0 Å². The first kappa shape index (κ1) is 17.5. The summed E-state index contributed by atoms with van der Waals surface area (Å²) in [5, 5.41) is 2.25. The number of urea groups is 1. The van der Waals surface area contributed by atoms with E-state index < -0.39 is 23.8 Å². The molecule has 1 aliphatic rings. The van der Waals surface area contributed by atoms with Crippen LogP contribution in [0.25, 0.3) is 0 Å². The zero-order valence-corrected chi connectivity index (χ0v) is 14.4. The molecule has 2 aromatic rings. The van der Waals surface area contributed by atoms with Crippen molar-refractivity contribution >= 4 is 23.5 Å². The van der Waals surface area contributed by atoms with Crippen molar-refractivity contribution in [2.24, 2.45) is 5.92 Å². The molecule has 1 heterocycles. The zero-order valence-electron chi connectivity index (χ0n) is 14.4. The summed E-state index contributed by atoms with van der Waals surface area (Å²) < 4.78 is 10.2. The summed E-state index contributed by atoms with van der Waals surface area (Å²) in [7, 11) is 3.09. The van der Waals surface area contributed by atoms with Gasteiger partial charge in [0.15, 0.2) is 0 Å². The lowest BCUT2D eigenvalue weighted by molar-refractivity contribution is -0.134.